The lowest BCUT2D eigenvalue weighted by Crippen LogP contribution is -1.97. The number of carbonyl (C=O) groups excluding carboxylic acids is 1. The molecule has 0 fully saturated rings. The highest BCUT2D eigenvalue weighted by Gasteiger charge is 2.06. The van der Waals surface area contributed by atoms with E-state index in [1.54, 1.807) is 4.68 Å². The number of rotatable bonds is 4. The molecule has 0 saturated heterocycles. The molecular formula is C13H9N5O2. The van der Waals surface area contributed by atoms with Crippen molar-refractivity contribution in [2.75, 3.05) is 0 Å². The van der Waals surface area contributed by atoms with Gasteiger partial charge in [-0.05, 0) is 12.1 Å². The molecule has 20 heavy (non-hydrogen) atoms. The normalized spacial score (nSPS) is 10.2. The number of para-hydroxylation sites is 1. The topological polar surface area (TPSA) is 82.8 Å². The summed E-state index contributed by atoms with van der Waals surface area (Å²) in [4.78, 5) is 22.2. The second-order valence-corrected chi connectivity index (χ2v) is 3.83. The number of carbonyl (C=O) groups is 1. The van der Waals surface area contributed by atoms with Crippen LogP contribution in [0.2, 0.25) is 0 Å². The van der Waals surface area contributed by atoms with Gasteiger partial charge in [-0.1, -0.05) is 18.2 Å². The van der Waals surface area contributed by atoms with Gasteiger partial charge in [0, 0.05) is 12.4 Å². The summed E-state index contributed by atoms with van der Waals surface area (Å²) in [6.45, 7) is 0. The summed E-state index contributed by atoms with van der Waals surface area (Å²) < 4.78 is 6.88. The first-order valence-corrected chi connectivity index (χ1v) is 5.77. The Labute approximate surface area is 113 Å². The van der Waals surface area contributed by atoms with Crippen LogP contribution >= 0.6 is 0 Å². The molecule has 0 spiro atoms. The number of nitrogens with zero attached hydrogens (tertiary/aromatic N) is 5. The minimum absolute atomic E-state index is 0.0846. The van der Waals surface area contributed by atoms with Crippen LogP contribution in [0.25, 0.3) is 5.69 Å². The van der Waals surface area contributed by atoms with E-state index in [-0.39, 0.29) is 12.0 Å². The fraction of sp³-hybridized carbons (Fsp3) is 0. The highest BCUT2D eigenvalue weighted by molar-refractivity contribution is 5.73. The molecule has 0 aliphatic carbocycles. The minimum Gasteiger partial charge on any atom is -0.387 e. The maximum Gasteiger partial charge on any atom is 0.343 e. The van der Waals surface area contributed by atoms with Gasteiger partial charge in [-0.3, -0.25) is 4.79 Å². The second kappa shape index (κ2) is 5.27. The molecule has 2 aromatic heterocycles. The molecular weight excluding hydrogens is 258 g/mol. The SMILES string of the molecule is O=Cc1cnc(Oc2ncn(-c3ccccc3)n2)nc1. The summed E-state index contributed by atoms with van der Waals surface area (Å²) in [6.07, 6.45) is 4.92. The number of ether oxygens (including phenoxy) is 1. The maximum absolute atomic E-state index is 10.5. The maximum atomic E-state index is 10.5. The van der Waals surface area contributed by atoms with E-state index in [9.17, 15) is 4.79 Å². The molecule has 0 aliphatic heterocycles. The average Bonchev–Trinajstić information content (AvgIpc) is 2.97. The second-order valence-electron chi connectivity index (χ2n) is 3.83. The van der Waals surface area contributed by atoms with Gasteiger partial charge in [-0.2, -0.15) is 4.98 Å². The van der Waals surface area contributed by atoms with Crippen LogP contribution in [-0.2, 0) is 0 Å². The van der Waals surface area contributed by atoms with E-state index in [2.05, 4.69) is 20.1 Å². The van der Waals surface area contributed by atoms with Crippen LogP contribution in [0.15, 0.2) is 49.1 Å². The summed E-state index contributed by atoms with van der Waals surface area (Å²) in [5, 5.41) is 4.15. The molecule has 0 radical (unpaired) electrons. The smallest absolute Gasteiger partial charge is 0.343 e. The van der Waals surface area contributed by atoms with Crippen molar-refractivity contribution in [1.29, 1.82) is 0 Å². The monoisotopic (exact) mass is 267 g/mol. The van der Waals surface area contributed by atoms with Crippen LogP contribution in [0, 0.1) is 0 Å². The van der Waals surface area contributed by atoms with Gasteiger partial charge >= 0.3 is 12.0 Å². The molecule has 0 bridgehead atoms. The first-order chi connectivity index (χ1) is 9.85. The Bertz CT molecular complexity index is 709. The Hall–Kier alpha value is -3.09. The van der Waals surface area contributed by atoms with Gasteiger partial charge in [0.05, 0.1) is 11.3 Å². The standard InChI is InChI=1S/C13H9N5O2/c19-8-10-6-14-12(15-7-10)20-13-16-9-18(17-13)11-4-2-1-3-5-11/h1-9H. The molecule has 7 heteroatoms. The van der Waals surface area contributed by atoms with E-state index in [0.29, 0.717) is 11.8 Å². The first kappa shape index (κ1) is 12.0. The van der Waals surface area contributed by atoms with Gasteiger partial charge in [0.2, 0.25) is 0 Å². The highest BCUT2D eigenvalue weighted by atomic mass is 16.5. The van der Waals surface area contributed by atoms with E-state index in [4.69, 9.17) is 4.74 Å². The molecule has 0 saturated carbocycles. The average molecular weight is 267 g/mol. The van der Waals surface area contributed by atoms with Crippen molar-refractivity contribution in [2.45, 2.75) is 0 Å². The molecule has 3 rings (SSSR count). The zero-order chi connectivity index (χ0) is 13.8. The zero-order valence-electron chi connectivity index (χ0n) is 10.2. The first-order valence-electron chi connectivity index (χ1n) is 5.77. The largest absolute Gasteiger partial charge is 0.387 e. The molecule has 3 aromatic rings. The molecule has 98 valence electrons. The number of hydrogen-bond acceptors (Lipinski definition) is 6. The third-order valence-electron chi connectivity index (χ3n) is 2.46. The quantitative estimate of drug-likeness (QED) is 0.668. The lowest BCUT2D eigenvalue weighted by molar-refractivity contribution is 0.112. The van der Waals surface area contributed by atoms with Gasteiger partial charge < -0.3 is 4.74 Å². The van der Waals surface area contributed by atoms with E-state index in [1.807, 2.05) is 30.3 Å². The Morgan fingerprint density at radius 2 is 1.75 bits per heavy atom. The number of aldehydes is 1. The van der Waals surface area contributed by atoms with Crippen molar-refractivity contribution < 1.29 is 9.53 Å². The van der Waals surface area contributed by atoms with Crippen molar-refractivity contribution in [3.05, 3.63) is 54.6 Å². The van der Waals surface area contributed by atoms with Crippen LogP contribution in [0.5, 0.6) is 12.0 Å². The van der Waals surface area contributed by atoms with Gasteiger partial charge in [-0.25, -0.2) is 14.6 Å². The lowest BCUT2D eigenvalue weighted by atomic mass is 10.3. The van der Waals surface area contributed by atoms with Crippen LogP contribution in [0.1, 0.15) is 10.4 Å². The fourth-order valence-corrected chi connectivity index (χ4v) is 1.52. The van der Waals surface area contributed by atoms with E-state index in [0.717, 1.165) is 5.69 Å². The predicted octanol–water partition coefficient (Wildman–Crippen LogP) is 1.66. The van der Waals surface area contributed by atoms with Crippen LogP contribution in [0.4, 0.5) is 0 Å². The summed E-state index contributed by atoms with van der Waals surface area (Å²) >= 11 is 0. The third-order valence-corrected chi connectivity index (χ3v) is 2.46. The molecule has 7 nitrogen and oxygen atoms in total. The summed E-state index contributed by atoms with van der Waals surface area (Å²) in [7, 11) is 0. The van der Waals surface area contributed by atoms with Crippen molar-refractivity contribution >= 4 is 6.29 Å². The van der Waals surface area contributed by atoms with Crippen molar-refractivity contribution in [1.82, 2.24) is 24.7 Å². The summed E-state index contributed by atoms with van der Waals surface area (Å²) in [6, 6.07) is 9.73. The Kier molecular flexibility index (Phi) is 3.15. The van der Waals surface area contributed by atoms with Gasteiger partial charge in [0.1, 0.15) is 6.33 Å². The van der Waals surface area contributed by atoms with E-state index >= 15 is 0 Å². The summed E-state index contributed by atoms with van der Waals surface area (Å²) in [5.41, 5.74) is 1.24. The number of benzene rings is 1. The molecule has 0 unspecified atom stereocenters. The van der Waals surface area contributed by atoms with Crippen molar-refractivity contribution in [3.63, 3.8) is 0 Å². The fourth-order valence-electron chi connectivity index (χ4n) is 1.52. The molecule has 2 heterocycles. The van der Waals surface area contributed by atoms with Crippen LogP contribution in [0.3, 0.4) is 0 Å². The summed E-state index contributed by atoms with van der Waals surface area (Å²) in [5.74, 6) is 0. The Balaban J connectivity index is 1.78. The van der Waals surface area contributed by atoms with Crippen molar-refractivity contribution in [3.8, 4) is 17.7 Å². The lowest BCUT2D eigenvalue weighted by Gasteiger charge is -1.99. The van der Waals surface area contributed by atoms with Crippen molar-refractivity contribution in [2.24, 2.45) is 0 Å². The van der Waals surface area contributed by atoms with E-state index in [1.165, 1.54) is 18.7 Å². The third kappa shape index (κ3) is 2.51. The van der Waals surface area contributed by atoms with Crippen LogP contribution in [-0.4, -0.2) is 31.0 Å². The Morgan fingerprint density at radius 3 is 2.45 bits per heavy atom. The van der Waals surface area contributed by atoms with E-state index < -0.39 is 0 Å². The zero-order valence-corrected chi connectivity index (χ0v) is 10.2. The molecule has 0 aliphatic rings. The Morgan fingerprint density at radius 1 is 1.00 bits per heavy atom. The predicted molar refractivity (Wildman–Crippen MR) is 68.9 cm³/mol. The molecule has 0 N–H and O–H groups in total. The number of hydrogen-bond donors (Lipinski definition) is 0. The number of aromatic nitrogens is 5. The molecule has 0 atom stereocenters. The van der Waals surface area contributed by atoms with Gasteiger partial charge in [0.25, 0.3) is 0 Å². The highest BCUT2D eigenvalue weighted by Crippen LogP contribution is 2.13. The molecule has 0 amide bonds. The van der Waals surface area contributed by atoms with Gasteiger partial charge in [-0.15, -0.1) is 5.10 Å². The minimum atomic E-state index is 0.0846. The van der Waals surface area contributed by atoms with Crippen LogP contribution < -0.4 is 4.74 Å². The molecule has 1 aromatic carbocycles. The van der Waals surface area contributed by atoms with Gasteiger partial charge in [0.15, 0.2) is 6.29 Å².